The van der Waals surface area contributed by atoms with E-state index in [0.717, 1.165) is 28.3 Å². The van der Waals surface area contributed by atoms with Crippen molar-refractivity contribution in [2.24, 2.45) is 0 Å². The highest BCUT2D eigenvalue weighted by molar-refractivity contribution is 7.13. The molecule has 128 valence electrons. The zero-order valence-corrected chi connectivity index (χ0v) is 14.0. The highest BCUT2D eigenvalue weighted by Crippen LogP contribution is 2.25. The number of amides is 1. The van der Waals surface area contributed by atoms with Crippen molar-refractivity contribution >= 4 is 22.9 Å². The number of benzene rings is 2. The molecule has 3 nitrogen and oxygen atoms in total. The average Bonchev–Trinajstić information content (AvgIpc) is 3.04. The van der Waals surface area contributed by atoms with Gasteiger partial charge in [-0.15, -0.1) is 11.3 Å². The maximum absolute atomic E-state index is 13.6. The van der Waals surface area contributed by atoms with E-state index >= 15 is 0 Å². The van der Waals surface area contributed by atoms with Gasteiger partial charge in [-0.25, -0.2) is 18.2 Å². The summed E-state index contributed by atoms with van der Waals surface area (Å²) in [6, 6.07) is 9.55. The number of carbonyl (C=O) groups excluding carboxylic acids is 1. The van der Waals surface area contributed by atoms with E-state index in [2.05, 4.69) is 10.3 Å². The summed E-state index contributed by atoms with van der Waals surface area (Å²) in [5.74, 6) is -4.91. The van der Waals surface area contributed by atoms with Crippen LogP contribution in [0.4, 0.5) is 18.9 Å². The van der Waals surface area contributed by atoms with Crippen LogP contribution < -0.4 is 5.32 Å². The molecule has 3 aromatic rings. The van der Waals surface area contributed by atoms with Crippen LogP contribution in [0.15, 0.2) is 41.8 Å². The average molecular weight is 362 g/mol. The van der Waals surface area contributed by atoms with Crippen LogP contribution in [0.5, 0.6) is 0 Å². The van der Waals surface area contributed by atoms with Crippen LogP contribution in [0.2, 0.25) is 0 Å². The number of halogens is 3. The second kappa shape index (κ2) is 7.06. The van der Waals surface area contributed by atoms with Crippen LogP contribution in [0.25, 0.3) is 10.6 Å². The summed E-state index contributed by atoms with van der Waals surface area (Å²) in [5.41, 5.74) is 2.18. The predicted molar refractivity (Wildman–Crippen MR) is 90.9 cm³/mol. The van der Waals surface area contributed by atoms with Crippen molar-refractivity contribution in [3.05, 3.63) is 70.5 Å². The Kier molecular flexibility index (Phi) is 4.85. The van der Waals surface area contributed by atoms with Crippen molar-refractivity contribution in [1.82, 2.24) is 4.98 Å². The lowest BCUT2D eigenvalue weighted by Crippen LogP contribution is -2.16. The van der Waals surface area contributed by atoms with E-state index in [1.165, 1.54) is 11.3 Å². The van der Waals surface area contributed by atoms with Gasteiger partial charge in [-0.3, -0.25) is 4.79 Å². The minimum atomic E-state index is -1.62. The summed E-state index contributed by atoms with van der Waals surface area (Å²) >= 11 is 1.39. The van der Waals surface area contributed by atoms with Gasteiger partial charge < -0.3 is 5.32 Å². The van der Waals surface area contributed by atoms with Crippen LogP contribution in [0.1, 0.15) is 11.3 Å². The number of anilines is 1. The van der Waals surface area contributed by atoms with Crippen LogP contribution in [-0.4, -0.2) is 10.9 Å². The van der Waals surface area contributed by atoms with Crippen molar-refractivity contribution < 1.29 is 18.0 Å². The Morgan fingerprint density at radius 3 is 2.52 bits per heavy atom. The number of hydrogen-bond donors (Lipinski definition) is 1. The fourth-order valence-corrected chi connectivity index (χ4v) is 3.02. The smallest absolute Gasteiger partial charge is 0.230 e. The summed E-state index contributed by atoms with van der Waals surface area (Å²) in [5, 5.41) is 4.73. The molecule has 0 aliphatic carbocycles. The van der Waals surface area contributed by atoms with E-state index < -0.39 is 29.0 Å². The van der Waals surface area contributed by atoms with Crippen LogP contribution in [0.3, 0.4) is 0 Å². The predicted octanol–water partition coefficient (Wildman–Crippen LogP) is 4.72. The first-order valence-electron chi connectivity index (χ1n) is 7.39. The van der Waals surface area contributed by atoms with Crippen LogP contribution in [0, 0.1) is 24.4 Å². The summed E-state index contributed by atoms with van der Waals surface area (Å²) < 4.78 is 39.6. The minimum absolute atomic E-state index is 0.0964. The quantitative estimate of drug-likeness (QED) is 0.683. The molecule has 1 heterocycles. The molecule has 3 rings (SSSR count). The molecular weight excluding hydrogens is 349 g/mol. The molecule has 0 saturated heterocycles. The fraction of sp³-hybridized carbons (Fsp3) is 0.111. The Morgan fingerprint density at radius 1 is 1.08 bits per heavy atom. The lowest BCUT2D eigenvalue weighted by atomic mass is 10.2. The number of nitrogens with one attached hydrogen (secondary N) is 1. The minimum Gasteiger partial charge on any atom is -0.323 e. The van der Waals surface area contributed by atoms with Gasteiger partial charge in [0.05, 0.1) is 17.8 Å². The van der Waals surface area contributed by atoms with Gasteiger partial charge in [0, 0.05) is 10.9 Å². The molecule has 7 heteroatoms. The van der Waals surface area contributed by atoms with Gasteiger partial charge in [-0.1, -0.05) is 29.8 Å². The zero-order chi connectivity index (χ0) is 18.0. The third-order valence-electron chi connectivity index (χ3n) is 3.50. The number of aromatic nitrogens is 1. The first kappa shape index (κ1) is 17.2. The van der Waals surface area contributed by atoms with Crippen molar-refractivity contribution in [2.75, 3.05) is 5.32 Å². The maximum Gasteiger partial charge on any atom is 0.230 e. The lowest BCUT2D eigenvalue weighted by Gasteiger charge is -2.06. The SMILES string of the molecule is Cc1ccc(-c2nc(CC(=O)Nc3ccc(F)c(F)c3F)cs2)cc1. The molecule has 0 bridgehead atoms. The van der Waals surface area contributed by atoms with Crippen molar-refractivity contribution in [1.29, 1.82) is 0 Å². The van der Waals surface area contributed by atoms with E-state index in [4.69, 9.17) is 0 Å². The summed E-state index contributed by atoms with van der Waals surface area (Å²) in [4.78, 5) is 16.4. The van der Waals surface area contributed by atoms with Gasteiger partial charge in [0.2, 0.25) is 5.91 Å². The number of aryl methyl sites for hydroxylation is 1. The number of rotatable bonds is 4. The van der Waals surface area contributed by atoms with E-state index in [1.807, 2.05) is 31.2 Å². The molecule has 1 N–H and O–H groups in total. The van der Waals surface area contributed by atoms with Crippen molar-refractivity contribution in [3.63, 3.8) is 0 Å². The Bertz CT molecular complexity index is 923. The molecule has 0 radical (unpaired) electrons. The molecule has 0 saturated carbocycles. The van der Waals surface area contributed by atoms with E-state index in [-0.39, 0.29) is 6.42 Å². The normalized spacial score (nSPS) is 10.7. The Balaban J connectivity index is 1.70. The molecule has 25 heavy (non-hydrogen) atoms. The molecule has 2 aromatic carbocycles. The molecule has 1 aromatic heterocycles. The number of nitrogens with zero attached hydrogens (tertiary/aromatic N) is 1. The third-order valence-corrected chi connectivity index (χ3v) is 4.44. The first-order valence-corrected chi connectivity index (χ1v) is 8.27. The van der Waals surface area contributed by atoms with Crippen LogP contribution in [-0.2, 0) is 11.2 Å². The van der Waals surface area contributed by atoms with Gasteiger partial charge in [-0.05, 0) is 19.1 Å². The van der Waals surface area contributed by atoms with Crippen molar-refractivity contribution in [3.8, 4) is 10.6 Å². The van der Waals surface area contributed by atoms with E-state index in [0.29, 0.717) is 5.69 Å². The Labute approximate surface area is 146 Å². The fourth-order valence-electron chi connectivity index (χ4n) is 2.20. The second-order valence-corrected chi connectivity index (χ2v) is 6.32. The zero-order valence-electron chi connectivity index (χ0n) is 13.1. The molecule has 1 amide bonds. The standard InChI is InChI=1S/C18H13F3N2OS/c1-10-2-4-11(5-3-10)18-22-12(9-25-18)8-15(24)23-14-7-6-13(19)16(20)17(14)21/h2-7,9H,8H2,1H3,(H,23,24). The molecular formula is C18H13F3N2OS. The summed E-state index contributed by atoms with van der Waals surface area (Å²) in [6.07, 6.45) is -0.0964. The largest absolute Gasteiger partial charge is 0.323 e. The van der Waals surface area contributed by atoms with Crippen molar-refractivity contribution in [2.45, 2.75) is 13.3 Å². The Morgan fingerprint density at radius 2 is 1.80 bits per heavy atom. The molecule has 0 aliphatic rings. The summed E-state index contributed by atoms with van der Waals surface area (Å²) in [7, 11) is 0. The van der Waals surface area contributed by atoms with Gasteiger partial charge in [-0.2, -0.15) is 0 Å². The van der Waals surface area contributed by atoms with Crippen LogP contribution >= 0.6 is 11.3 Å². The summed E-state index contributed by atoms with van der Waals surface area (Å²) in [6.45, 7) is 1.98. The number of thiazole rings is 1. The Hall–Kier alpha value is -2.67. The first-order chi connectivity index (χ1) is 11.9. The van der Waals surface area contributed by atoms with Gasteiger partial charge in [0.1, 0.15) is 5.01 Å². The van der Waals surface area contributed by atoms with Gasteiger partial charge >= 0.3 is 0 Å². The molecule has 0 fully saturated rings. The molecule has 0 unspecified atom stereocenters. The van der Waals surface area contributed by atoms with Gasteiger partial charge in [0.15, 0.2) is 17.5 Å². The number of carbonyl (C=O) groups is 1. The topological polar surface area (TPSA) is 42.0 Å². The highest BCUT2D eigenvalue weighted by Gasteiger charge is 2.16. The van der Waals surface area contributed by atoms with Gasteiger partial charge in [0.25, 0.3) is 0 Å². The molecule has 0 spiro atoms. The highest BCUT2D eigenvalue weighted by atomic mass is 32.1. The van der Waals surface area contributed by atoms with E-state index in [1.54, 1.807) is 5.38 Å². The lowest BCUT2D eigenvalue weighted by molar-refractivity contribution is -0.115. The molecule has 0 aliphatic heterocycles. The third kappa shape index (κ3) is 3.88. The van der Waals surface area contributed by atoms with E-state index in [9.17, 15) is 18.0 Å². The molecule has 0 atom stereocenters. The second-order valence-electron chi connectivity index (χ2n) is 5.46. The number of hydrogen-bond acceptors (Lipinski definition) is 3. The maximum atomic E-state index is 13.6. The monoisotopic (exact) mass is 362 g/mol.